The number of carbonyl (C=O) groups is 1. The number of para-hydroxylation sites is 1. The van der Waals surface area contributed by atoms with Crippen molar-refractivity contribution in [3.05, 3.63) is 57.9 Å². The number of amides is 1. The Morgan fingerprint density at radius 3 is 2.75 bits per heavy atom. The van der Waals surface area contributed by atoms with Crippen LogP contribution in [0.25, 0.3) is 10.9 Å². The van der Waals surface area contributed by atoms with E-state index < -0.39 is 0 Å². The van der Waals surface area contributed by atoms with Gasteiger partial charge in [-0.25, -0.2) is 0 Å². The van der Waals surface area contributed by atoms with Gasteiger partial charge in [-0.05, 0) is 48.8 Å². The Labute approximate surface area is 146 Å². The highest BCUT2D eigenvalue weighted by Gasteiger charge is 2.26. The van der Waals surface area contributed by atoms with E-state index in [-0.39, 0.29) is 5.91 Å². The van der Waals surface area contributed by atoms with Crippen molar-refractivity contribution in [3.8, 4) is 0 Å². The van der Waals surface area contributed by atoms with Gasteiger partial charge in [0.1, 0.15) is 0 Å². The Hall–Kier alpha value is -2.07. The third-order valence-electron chi connectivity index (χ3n) is 5.10. The monoisotopic (exact) mass is 338 g/mol. The second kappa shape index (κ2) is 6.44. The van der Waals surface area contributed by atoms with Crippen LogP contribution in [0.4, 0.5) is 0 Å². The van der Waals surface area contributed by atoms with E-state index in [0.29, 0.717) is 12.3 Å². The number of likely N-dealkylation sites (tertiary alicyclic amines) is 1. The highest BCUT2D eigenvalue weighted by Crippen LogP contribution is 2.35. The number of carbonyl (C=O) groups excluding carboxylic acids is 1. The summed E-state index contributed by atoms with van der Waals surface area (Å²) in [5, 5.41) is 3.38. The van der Waals surface area contributed by atoms with E-state index in [0.717, 1.165) is 30.8 Å². The second-order valence-electron chi connectivity index (χ2n) is 6.62. The van der Waals surface area contributed by atoms with Gasteiger partial charge in [0.15, 0.2) is 0 Å². The molecule has 0 saturated carbocycles. The number of aryl methyl sites for hydroxylation is 1. The van der Waals surface area contributed by atoms with Gasteiger partial charge in [-0.2, -0.15) is 0 Å². The normalized spacial score (nSPS) is 16.0. The molecule has 2 aromatic heterocycles. The quantitative estimate of drug-likeness (QED) is 0.750. The average molecular weight is 338 g/mol. The van der Waals surface area contributed by atoms with Crippen molar-refractivity contribution in [1.29, 1.82) is 0 Å². The SMILES string of the molecule is Cc1[nH]c2ccccc2c1C1CCN(C(=O)Cc2cccs2)CC1. The molecule has 0 unspecified atom stereocenters. The van der Waals surface area contributed by atoms with Crippen LogP contribution in [0.1, 0.15) is 34.9 Å². The maximum atomic E-state index is 12.5. The molecule has 1 amide bonds. The summed E-state index contributed by atoms with van der Waals surface area (Å²) in [4.78, 5) is 19.2. The Balaban J connectivity index is 1.46. The van der Waals surface area contributed by atoms with Crippen molar-refractivity contribution in [2.45, 2.75) is 32.1 Å². The van der Waals surface area contributed by atoms with Crippen LogP contribution < -0.4 is 0 Å². The molecule has 1 aromatic carbocycles. The summed E-state index contributed by atoms with van der Waals surface area (Å²) in [6.07, 6.45) is 2.66. The Bertz CT molecular complexity index is 842. The van der Waals surface area contributed by atoms with Gasteiger partial charge in [0.05, 0.1) is 6.42 Å². The number of hydrogen-bond acceptors (Lipinski definition) is 2. The molecule has 0 bridgehead atoms. The topological polar surface area (TPSA) is 36.1 Å². The lowest BCUT2D eigenvalue weighted by Crippen LogP contribution is -2.38. The molecule has 0 spiro atoms. The van der Waals surface area contributed by atoms with Gasteiger partial charge in [0.2, 0.25) is 5.91 Å². The van der Waals surface area contributed by atoms with Crippen LogP contribution in [-0.2, 0) is 11.2 Å². The number of H-pyrrole nitrogens is 1. The molecule has 3 heterocycles. The Morgan fingerprint density at radius 2 is 2.00 bits per heavy atom. The van der Waals surface area contributed by atoms with Crippen LogP contribution in [-0.4, -0.2) is 28.9 Å². The largest absolute Gasteiger partial charge is 0.358 e. The smallest absolute Gasteiger partial charge is 0.227 e. The standard InChI is InChI=1S/C20H22N2OS/c1-14-20(17-6-2-3-7-18(17)21-14)15-8-10-22(11-9-15)19(23)13-16-5-4-12-24-16/h2-7,12,15,21H,8-11,13H2,1H3. The van der Waals surface area contributed by atoms with Gasteiger partial charge >= 0.3 is 0 Å². The lowest BCUT2D eigenvalue weighted by Gasteiger charge is -2.32. The fourth-order valence-electron chi connectivity index (χ4n) is 3.92. The second-order valence-corrected chi connectivity index (χ2v) is 7.65. The number of nitrogens with zero attached hydrogens (tertiary/aromatic N) is 1. The van der Waals surface area contributed by atoms with Crippen molar-refractivity contribution in [3.63, 3.8) is 0 Å². The van der Waals surface area contributed by atoms with E-state index in [1.54, 1.807) is 11.3 Å². The van der Waals surface area contributed by atoms with Gasteiger partial charge in [0.25, 0.3) is 0 Å². The molecule has 1 fully saturated rings. The van der Waals surface area contributed by atoms with E-state index in [9.17, 15) is 4.79 Å². The van der Waals surface area contributed by atoms with Crippen LogP contribution in [0.15, 0.2) is 41.8 Å². The molecule has 1 saturated heterocycles. The van der Waals surface area contributed by atoms with Crippen LogP contribution in [0.3, 0.4) is 0 Å². The maximum Gasteiger partial charge on any atom is 0.227 e. The highest BCUT2D eigenvalue weighted by molar-refractivity contribution is 7.10. The zero-order chi connectivity index (χ0) is 16.5. The molecule has 1 N–H and O–H groups in total. The lowest BCUT2D eigenvalue weighted by atomic mass is 9.87. The molecule has 24 heavy (non-hydrogen) atoms. The van der Waals surface area contributed by atoms with Gasteiger partial charge in [-0.1, -0.05) is 24.3 Å². The maximum absolute atomic E-state index is 12.5. The van der Waals surface area contributed by atoms with E-state index in [2.05, 4.69) is 36.2 Å². The predicted molar refractivity (Wildman–Crippen MR) is 99.6 cm³/mol. The number of benzene rings is 1. The van der Waals surface area contributed by atoms with Gasteiger partial charge in [-0.3, -0.25) is 4.79 Å². The third-order valence-corrected chi connectivity index (χ3v) is 5.98. The lowest BCUT2D eigenvalue weighted by molar-refractivity contribution is -0.131. The number of rotatable bonds is 3. The van der Waals surface area contributed by atoms with Crippen molar-refractivity contribution >= 4 is 28.1 Å². The number of hydrogen-bond donors (Lipinski definition) is 1. The number of aromatic nitrogens is 1. The number of thiophene rings is 1. The molecule has 3 aromatic rings. The van der Waals surface area contributed by atoms with Gasteiger partial charge in [-0.15, -0.1) is 11.3 Å². The van der Waals surface area contributed by atoms with Crippen molar-refractivity contribution in [2.24, 2.45) is 0 Å². The first kappa shape index (κ1) is 15.5. The van der Waals surface area contributed by atoms with Crippen molar-refractivity contribution in [2.75, 3.05) is 13.1 Å². The van der Waals surface area contributed by atoms with Gasteiger partial charge < -0.3 is 9.88 Å². The fourth-order valence-corrected chi connectivity index (χ4v) is 4.61. The summed E-state index contributed by atoms with van der Waals surface area (Å²) in [6, 6.07) is 12.6. The fraction of sp³-hybridized carbons (Fsp3) is 0.350. The molecular weight excluding hydrogens is 316 g/mol. The van der Waals surface area contributed by atoms with E-state index in [1.165, 1.54) is 22.2 Å². The Morgan fingerprint density at radius 1 is 1.21 bits per heavy atom. The number of nitrogens with one attached hydrogen (secondary N) is 1. The van der Waals surface area contributed by atoms with E-state index in [4.69, 9.17) is 0 Å². The van der Waals surface area contributed by atoms with E-state index >= 15 is 0 Å². The molecule has 124 valence electrons. The summed E-state index contributed by atoms with van der Waals surface area (Å²) in [6.45, 7) is 3.91. The summed E-state index contributed by atoms with van der Waals surface area (Å²) in [5.74, 6) is 0.818. The molecule has 1 aliphatic rings. The minimum Gasteiger partial charge on any atom is -0.358 e. The summed E-state index contributed by atoms with van der Waals surface area (Å²) < 4.78 is 0. The predicted octanol–water partition coefficient (Wildman–Crippen LogP) is 4.49. The van der Waals surface area contributed by atoms with Crippen molar-refractivity contribution < 1.29 is 4.79 Å². The molecule has 0 radical (unpaired) electrons. The molecule has 4 rings (SSSR count). The molecule has 1 aliphatic heterocycles. The van der Waals surface area contributed by atoms with Gasteiger partial charge in [0, 0.05) is 34.6 Å². The molecule has 0 aliphatic carbocycles. The van der Waals surface area contributed by atoms with Crippen LogP contribution >= 0.6 is 11.3 Å². The number of fused-ring (bicyclic) bond motifs is 1. The van der Waals surface area contributed by atoms with Crippen LogP contribution in [0.5, 0.6) is 0 Å². The first-order valence-corrected chi connectivity index (χ1v) is 9.47. The minimum absolute atomic E-state index is 0.270. The van der Waals surface area contributed by atoms with Crippen LogP contribution in [0, 0.1) is 6.92 Å². The number of aromatic amines is 1. The zero-order valence-electron chi connectivity index (χ0n) is 13.9. The molecule has 0 atom stereocenters. The first-order chi connectivity index (χ1) is 11.7. The molecule has 3 nitrogen and oxygen atoms in total. The average Bonchev–Trinajstić information content (AvgIpc) is 3.21. The van der Waals surface area contributed by atoms with E-state index in [1.807, 2.05) is 22.4 Å². The van der Waals surface area contributed by atoms with Crippen molar-refractivity contribution in [1.82, 2.24) is 9.88 Å². The molecular formula is C20H22N2OS. The molecule has 4 heteroatoms. The third kappa shape index (κ3) is 2.86. The zero-order valence-corrected chi connectivity index (χ0v) is 14.7. The summed E-state index contributed by atoms with van der Waals surface area (Å²) in [5.41, 5.74) is 3.96. The highest BCUT2D eigenvalue weighted by atomic mass is 32.1. The first-order valence-electron chi connectivity index (χ1n) is 8.59. The minimum atomic E-state index is 0.270. The number of piperidine rings is 1. The van der Waals surface area contributed by atoms with Crippen LogP contribution in [0.2, 0.25) is 0 Å². The summed E-state index contributed by atoms with van der Waals surface area (Å²) >= 11 is 1.67. The summed E-state index contributed by atoms with van der Waals surface area (Å²) in [7, 11) is 0. The Kier molecular flexibility index (Phi) is 4.15.